The molecular weight excluding hydrogens is 259 g/mol. The molecule has 0 radical (unpaired) electrons. The summed E-state index contributed by atoms with van der Waals surface area (Å²) in [5.41, 5.74) is -0.779. The number of nitrogens with zero attached hydrogens (tertiary/aromatic N) is 1. The van der Waals surface area contributed by atoms with E-state index in [2.05, 4.69) is 15.9 Å². The second-order valence-electron chi connectivity index (χ2n) is 2.74. The van der Waals surface area contributed by atoms with Crippen LogP contribution in [0, 0.1) is 18.3 Å². The average Bonchev–Trinajstić information content (AvgIpc) is 2.06. The Morgan fingerprint density at radius 2 is 1.93 bits per heavy atom. The Morgan fingerprint density at radius 1 is 1.36 bits per heavy atom. The van der Waals surface area contributed by atoms with E-state index in [1.165, 1.54) is 13.0 Å². The molecule has 0 aliphatic heterocycles. The lowest BCUT2D eigenvalue weighted by Crippen LogP contribution is -2.08. The number of hydrogen-bond donors (Lipinski definition) is 0. The topological polar surface area (TPSA) is 23.8 Å². The third-order valence-electron chi connectivity index (χ3n) is 1.80. The second-order valence-corrected chi connectivity index (χ2v) is 3.65. The standard InChI is InChI=1S/C9H5BrF3N/c1-5-6(4-14)2-7(10)3-8(5)9(11,12)13/h2-3H,1H3. The van der Waals surface area contributed by atoms with Gasteiger partial charge in [-0.15, -0.1) is 0 Å². The van der Waals surface area contributed by atoms with Gasteiger partial charge in [0.2, 0.25) is 0 Å². The van der Waals surface area contributed by atoms with E-state index in [1.807, 2.05) is 0 Å². The molecule has 5 heteroatoms. The molecule has 0 aliphatic carbocycles. The van der Waals surface area contributed by atoms with Crippen LogP contribution in [0.5, 0.6) is 0 Å². The van der Waals surface area contributed by atoms with E-state index >= 15 is 0 Å². The van der Waals surface area contributed by atoms with E-state index in [0.29, 0.717) is 0 Å². The van der Waals surface area contributed by atoms with Gasteiger partial charge in [-0.3, -0.25) is 0 Å². The Hall–Kier alpha value is -1.02. The van der Waals surface area contributed by atoms with Gasteiger partial charge in [0.1, 0.15) is 0 Å². The highest BCUT2D eigenvalue weighted by Gasteiger charge is 2.33. The molecule has 0 spiro atoms. The molecule has 0 saturated heterocycles. The van der Waals surface area contributed by atoms with Gasteiger partial charge in [-0.05, 0) is 24.6 Å². The fraction of sp³-hybridized carbons (Fsp3) is 0.222. The van der Waals surface area contributed by atoms with Crippen LogP contribution in [0.25, 0.3) is 0 Å². The summed E-state index contributed by atoms with van der Waals surface area (Å²) in [5.74, 6) is 0. The summed E-state index contributed by atoms with van der Waals surface area (Å²) in [6.07, 6.45) is -4.42. The number of nitriles is 1. The van der Waals surface area contributed by atoms with Crippen molar-refractivity contribution >= 4 is 15.9 Å². The van der Waals surface area contributed by atoms with Crippen molar-refractivity contribution in [1.29, 1.82) is 5.26 Å². The van der Waals surface area contributed by atoms with Crippen molar-refractivity contribution in [3.05, 3.63) is 33.3 Å². The van der Waals surface area contributed by atoms with Gasteiger partial charge in [-0.1, -0.05) is 15.9 Å². The van der Waals surface area contributed by atoms with Crippen LogP contribution in [0.3, 0.4) is 0 Å². The predicted octanol–water partition coefficient (Wildman–Crippen LogP) is 3.65. The van der Waals surface area contributed by atoms with E-state index in [4.69, 9.17) is 5.26 Å². The third kappa shape index (κ3) is 2.07. The lowest BCUT2D eigenvalue weighted by molar-refractivity contribution is -0.138. The van der Waals surface area contributed by atoms with E-state index in [1.54, 1.807) is 6.07 Å². The van der Waals surface area contributed by atoms with Crippen molar-refractivity contribution in [2.45, 2.75) is 13.1 Å². The van der Waals surface area contributed by atoms with Gasteiger partial charge in [0.05, 0.1) is 17.2 Å². The number of benzene rings is 1. The highest BCUT2D eigenvalue weighted by atomic mass is 79.9. The van der Waals surface area contributed by atoms with Gasteiger partial charge in [0.15, 0.2) is 0 Å². The molecule has 0 unspecified atom stereocenters. The first kappa shape index (κ1) is 11.1. The second kappa shape index (κ2) is 3.62. The summed E-state index contributed by atoms with van der Waals surface area (Å²) in [7, 11) is 0. The van der Waals surface area contributed by atoms with Crippen LogP contribution in [0.15, 0.2) is 16.6 Å². The quantitative estimate of drug-likeness (QED) is 0.701. The van der Waals surface area contributed by atoms with Crippen LogP contribution < -0.4 is 0 Å². The van der Waals surface area contributed by atoms with E-state index in [0.717, 1.165) is 6.07 Å². The molecule has 1 aromatic carbocycles. The smallest absolute Gasteiger partial charge is 0.192 e. The molecule has 0 aliphatic rings. The molecule has 0 N–H and O–H groups in total. The predicted molar refractivity (Wildman–Crippen MR) is 48.6 cm³/mol. The minimum Gasteiger partial charge on any atom is -0.192 e. The molecule has 0 atom stereocenters. The van der Waals surface area contributed by atoms with Crippen molar-refractivity contribution in [3.63, 3.8) is 0 Å². The first-order valence-corrected chi connectivity index (χ1v) is 4.43. The number of hydrogen-bond acceptors (Lipinski definition) is 1. The van der Waals surface area contributed by atoms with E-state index in [-0.39, 0.29) is 15.6 Å². The van der Waals surface area contributed by atoms with Crippen LogP contribution in [-0.4, -0.2) is 0 Å². The minimum absolute atomic E-state index is 0.0340. The maximum absolute atomic E-state index is 12.4. The number of halogens is 4. The fourth-order valence-electron chi connectivity index (χ4n) is 1.09. The first-order valence-electron chi connectivity index (χ1n) is 3.63. The van der Waals surface area contributed by atoms with Crippen LogP contribution in [-0.2, 0) is 6.18 Å². The zero-order valence-corrected chi connectivity index (χ0v) is 8.70. The van der Waals surface area contributed by atoms with Gasteiger partial charge in [-0.2, -0.15) is 18.4 Å². The SMILES string of the molecule is Cc1c(C#N)cc(Br)cc1C(F)(F)F. The third-order valence-corrected chi connectivity index (χ3v) is 2.26. The summed E-state index contributed by atoms with van der Waals surface area (Å²) in [5, 5.41) is 8.59. The zero-order chi connectivity index (χ0) is 10.9. The van der Waals surface area contributed by atoms with Crippen molar-refractivity contribution in [2.24, 2.45) is 0 Å². The summed E-state index contributed by atoms with van der Waals surface area (Å²) < 4.78 is 37.5. The molecule has 0 amide bonds. The summed E-state index contributed by atoms with van der Waals surface area (Å²) in [6.45, 7) is 1.29. The molecule has 0 saturated carbocycles. The Kier molecular flexibility index (Phi) is 2.86. The van der Waals surface area contributed by atoms with Crippen LogP contribution in [0.1, 0.15) is 16.7 Å². The Morgan fingerprint density at radius 3 is 2.36 bits per heavy atom. The minimum atomic E-state index is -4.42. The molecule has 1 aromatic rings. The van der Waals surface area contributed by atoms with Crippen LogP contribution >= 0.6 is 15.9 Å². The zero-order valence-electron chi connectivity index (χ0n) is 7.11. The maximum atomic E-state index is 12.4. The molecule has 0 aromatic heterocycles. The maximum Gasteiger partial charge on any atom is 0.416 e. The van der Waals surface area contributed by atoms with E-state index in [9.17, 15) is 13.2 Å². The number of alkyl halides is 3. The van der Waals surface area contributed by atoms with Crippen molar-refractivity contribution < 1.29 is 13.2 Å². The van der Waals surface area contributed by atoms with Crippen molar-refractivity contribution in [2.75, 3.05) is 0 Å². The highest BCUT2D eigenvalue weighted by Crippen LogP contribution is 2.34. The van der Waals surface area contributed by atoms with Crippen LogP contribution in [0.2, 0.25) is 0 Å². The fourth-order valence-corrected chi connectivity index (χ4v) is 1.55. The molecule has 0 fully saturated rings. The van der Waals surface area contributed by atoms with Gasteiger partial charge < -0.3 is 0 Å². The molecule has 14 heavy (non-hydrogen) atoms. The lowest BCUT2D eigenvalue weighted by Gasteiger charge is -2.11. The van der Waals surface area contributed by atoms with Gasteiger partial charge in [0.25, 0.3) is 0 Å². The Labute approximate surface area is 87.3 Å². The van der Waals surface area contributed by atoms with Gasteiger partial charge in [-0.25, -0.2) is 0 Å². The molecule has 0 heterocycles. The highest BCUT2D eigenvalue weighted by molar-refractivity contribution is 9.10. The number of rotatable bonds is 0. The normalized spacial score (nSPS) is 11.1. The van der Waals surface area contributed by atoms with Crippen molar-refractivity contribution in [1.82, 2.24) is 0 Å². The first-order chi connectivity index (χ1) is 6.36. The summed E-state index contributed by atoms with van der Waals surface area (Å²) >= 11 is 2.93. The molecule has 1 rings (SSSR count). The van der Waals surface area contributed by atoms with Gasteiger partial charge in [0, 0.05) is 4.47 Å². The average molecular weight is 264 g/mol. The molecule has 1 nitrogen and oxygen atoms in total. The summed E-state index contributed by atoms with van der Waals surface area (Å²) in [4.78, 5) is 0. The van der Waals surface area contributed by atoms with Crippen LogP contribution in [0.4, 0.5) is 13.2 Å². The lowest BCUT2D eigenvalue weighted by atomic mass is 10.0. The Bertz CT molecular complexity index is 404. The van der Waals surface area contributed by atoms with Crippen molar-refractivity contribution in [3.8, 4) is 6.07 Å². The van der Waals surface area contributed by atoms with Gasteiger partial charge >= 0.3 is 6.18 Å². The summed E-state index contributed by atoms with van der Waals surface area (Å²) in [6, 6.07) is 4.05. The monoisotopic (exact) mass is 263 g/mol. The Balaban J connectivity index is 3.47. The van der Waals surface area contributed by atoms with E-state index < -0.39 is 11.7 Å². The molecule has 0 bridgehead atoms. The molecule has 74 valence electrons. The largest absolute Gasteiger partial charge is 0.416 e. The molecular formula is C9H5BrF3N.